The van der Waals surface area contributed by atoms with Gasteiger partial charge in [-0.15, -0.1) is 0 Å². The van der Waals surface area contributed by atoms with E-state index in [1.54, 1.807) is 30.3 Å². The summed E-state index contributed by atoms with van der Waals surface area (Å²) in [5.41, 5.74) is 6.72. The van der Waals surface area contributed by atoms with E-state index >= 15 is 0 Å². The first-order chi connectivity index (χ1) is 24.9. The van der Waals surface area contributed by atoms with Crippen molar-refractivity contribution in [1.82, 2.24) is 10.6 Å². The summed E-state index contributed by atoms with van der Waals surface area (Å²) in [5, 5.41) is 5.57. The van der Waals surface area contributed by atoms with Crippen LogP contribution >= 0.6 is 0 Å². The van der Waals surface area contributed by atoms with Crippen molar-refractivity contribution in [2.24, 2.45) is 0 Å². The molecule has 0 aliphatic carbocycles. The lowest BCUT2D eigenvalue weighted by Gasteiger charge is -2.09. The number of hydrogen-bond donors (Lipinski definition) is 2. The predicted molar refractivity (Wildman–Crippen MR) is 194 cm³/mol. The summed E-state index contributed by atoms with van der Waals surface area (Å²) in [6, 6.07) is 45.8. The van der Waals surface area contributed by atoms with Gasteiger partial charge in [0.15, 0.2) is 0 Å². The van der Waals surface area contributed by atoms with Crippen LogP contribution in [-0.2, 0) is 33.9 Å². The van der Waals surface area contributed by atoms with Crippen LogP contribution in [0.15, 0.2) is 152 Å². The maximum Gasteiger partial charge on any atom is 0.397 e. The number of carbonyl (C=O) groups excluding carboxylic acids is 3. The summed E-state index contributed by atoms with van der Waals surface area (Å²) in [7, 11) is 0. The van der Waals surface area contributed by atoms with E-state index in [2.05, 4.69) is 10.6 Å². The van der Waals surface area contributed by atoms with Gasteiger partial charge in [-0.2, -0.15) is 0 Å². The van der Waals surface area contributed by atoms with Gasteiger partial charge in [0.2, 0.25) is 0 Å². The molecule has 0 spiro atoms. The molecule has 0 radical (unpaired) electrons. The number of carbonyl (C=O) groups is 3. The van der Waals surface area contributed by atoms with E-state index in [-0.39, 0.29) is 24.9 Å². The van der Waals surface area contributed by atoms with Crippen molar-refractivity contribution in [3.8, 4) is 33.8 Å². The molecule has 0 unspecified atom stereocenters. The zero-order valence-electron chi connectivity index (χ0n) is 27.7. The first-order valence-corrected chi connectivity index (χ1v) is 16.5. The predicted octanol–water partition coefficient (Wildman–Crippen LogP) is 8.28. The molecule has 2 N–H and O–H groups in total. The van der Waals surface area contributed by atoms with Crippen LogP contribution in [0.3, 0.4) is 0 Å². The van der Waals surface area contributed by atoms with Crippen LogP contribution in [0.25, 0.3) is 22.3 Å². The monoisotopic (exact) mass is 678 g/mol. The number of ether oxygens (including phenoxy) is 2. The second-order valence-corrected chi connectivity index (χ2v) is 11.8. The molecule has 6 aromatic rings. The van der Waals surface area contributed by atoms with Crippen LogP contribution in [0.5, 0.6) is 11.5 Å². The van der Waals surface area contributed by atoms with Crippen LogP contribution in [-0.4, -0.2) is 24.3 Å². The van der Waals surface area contributed by atoms with Gasteiger partial charge in [0.25, 0.3) is 5.91 Å². The third kappa shape index (κ3) is 9.77. The van der Waals surface area contributed by atoms with Crippen molar-refractivity contribution in [1.29, 1.82) is 0 Å². The molecule has 8 heteroatoms. The van der Waals surface area contributed by atoms with E-state index < -0.39 is 11.9 Å². The number of amides is 2. The molecule has 0 atom stereocenters. The molecule has 7 nitrogen and oxygen atoms in total. The molecular formula is C43H35FN2O5. The van der Waals surface area contributed by atoms with E-state index in [0.29, 0.717) is 24.1 Å². The zero-order valence-corrected chi connectivity index (χ0v) is 27.7. The number of hydrogen-bond acceptors (Lipinski definition) is 5. The number of rotatable bonds is 12. The van der Waals surface area contributed by atoms with Crippen LogP contribution in [0.4, 0.5) is 4.39 Å². The van der Waals surface area contributed by atoms with Crippen molar-refractivity contribution in [2.45, 2.75) is 19.6 Å². The molecule has 6 aromatic carbocycles. The molecule has 0 aromatic heterocycles. The summed E-state index contributed by atoms with van der Waals surface area (Å²) in [6.45, 7) is 0.581. The molecular weight excluding hydrogens is 643 g/mol. The Morgan fingerprint density at radius 1 is 0.549 bits per heavy atom. The third-order valence-electron chi connectivity index (χ3n) is 8.15. The smallest absolute Gasteiger partial charge is 0.397 e. The summed E-state index contributed by atoms with van der Waals surface area (Å²) in [5.74, 6) is -0.745. The third-order valence-corrected chi connectivity index (χ3v) is 8.15. The van der Waals surface area contributed by atoms with Crippen LogP contribution < -0.4 is 15.4 Å². The maximum absolute atomic E-state index is 13.3. The number of halogens is 1. The first kappa shape index (κ1) is 34.3. The SMILES string of the molecule is O=C(NCc1ccc(-c2ccc(C(=O)NCCc3ccc(Oc4ccccc4)cc3)cc2)cc1)C(=O)OCc1cccc(-c2ccc(F)cc2)c1. The molecule has 0 saturated heterocycles. The zero-order chi connectivity index (χ0) is 35.4. The largest absolute Gasteiger partial charge is 0.457 e. The molecule has 51 heavy (non-hydrogen) atoms. The van der Waals surface area contributed by atoms with Gasteiger partial charge in [-0.1, -0.05) is 97.1 Å². The Hall–Kier alpha value is -6.54. The van der Waals surface area contributed by atoms with Gasteiger partial charge in [-0.05, 0) is 100.0 Å². The highest BCUT2D eigenvalue weighted by Gasteiger charge is 2.15. The van der Waals surface area contributed by atoms with Gasteiger partial charge < -0.3 is 20.1 Å². The Morgan fingerprint density at radius 3 is 1.86 bits per heavy atom. The minimum absolute atomic E-state index is 0.0725. The van der Waals surface area contributed by atoms with Crippen LogP contribution in [0.1, 0.15) is 27.0 Å². The molecule has 2 amide bonds. The molecule has 0 saturated carbocycles. The maximum atomic E-state index is 13.3. The minimum Gasteiger partial charge on any atom is -0.457 e. The second-order valence-electron chi connectivity index (χ2n) is 11.8. The average molecular weight is 679 g/mol. The second kappa shape index (κ2) is 16.7. The van der Waals surface area contributed by atoms with E-state index in [4.69, 9.17) is 9.47 Å². The normalized spacial score (nSPS) is 10.6. The molecule has 6 rings (SSSR count). The number of nitrogens with one attached hydrogen (secondary N) is 2. The van der Waals surface area contributed by atoms with Crippen LogP contribution in [0.2, 0.25) is 0 Å². The lowest BCUT2D eigenvalue weighted by molar-refractivity contribution is -0.155. The highest BCUT2D eigenvalue weighted by atomic mass is 19.1. The number of para-hydroxylation sites is 1. The molecule has 0 aliphatic heterocycles. The van der Waals surface area contributed by atoms with Gasteiger partial charge in [-0.3, -0.25) is 9.59 Å². The van der Waals surface area contributed by atoms with Crippen molar-refractivity contribution >= 4 is 17.8 Å². The standard InChI is InChI=1S/C43H35FN2O5/c44-38-21-19-35(20-22-38)37-6-4-5-32(27-37)29-50-43(49)42(48)46-28-31-9-13-33(14-10-31)34-15-17-36(18-16-34)41(47)45-26-25-30-11-23-40(24-12-30)51-39-7-2-1-3-8-39/h1-24,27H,25-26,28-29H2,(H,45,47)(H,46,48). The molecule has 0 bridgehead atoms. The Balaban J connectivity index is 0.920. The van der Waals surface area contributed by atoms with Crippen molar-refractivity contribution in [3.05, 3.63) is 180 Å². The Labute approximate surface area is 295 Å². The summed E-state index contributed by atoms with van der Waals surface area (Å²) in [6.07, 6.45) is 0.692. The lowest BCUT2D eigenvalue weighted by Crippen LogP contribution is -2.31. The van der Waals surface area contributed by atoms with Crippen LogP contribution in [0, 0.1) is 5.82 Å². The number of esters is 1. The fourth-order valence-electron chi connectivity index (χ4n) is 5.35. The van der Waals surface area contributed by atoms with Gasteiger partial charge in [0.05, 0.1) is 0 Å². The van der Waals surface area contributed by atoms with Gasteiger partial charge >= 0.3 is 11.9 Å². The minimum atomic E-state index is -0.980. The topological polar surface area (TPSA) is 93.7 Å². The average Bonchev–Trinajstić information content (AvgIpc) is 3.17. The quantitative estimate of drug-likeness (QED) is 0.100. The van der Waals surface area contributed by atoms with Gasteiger partial charge in [-0.25, -0.2) is 9.18 Å². The molecule has 0 fully saturated rings. The number of benzene rings is 6. The summed E-state index contributed by atoms with van der Waals surface area (Å²) in [4.78, 5) is 37.4. The van der Waals surface area contributed by atoms with E-state index in [0.717, 1.165) is 44.9 Å². The highest BCUT2D eigenvalue weighted by Crippen LogP contribution is 2.23. The first-order valence-electron chi connectivity index (χ1n) is 16.5. The molecule has 0 aliphatic rings. The summed E-state index contributed by atoms with van der Waals surface area (Å²) >= 11 is 0. The van der Waals surface area contributed by atoms with E-state index in [1.165, 1.54) is 12.1 Å². The fraction of sp³-hybridized carbons (Fsp3) is 0.0930. The Morgan fingerprint density at radius 2 is 1.16 bits per heavy atom. The Kier molecular flexibility index (Phi) is 11.3. The highest BCUT2D eigenvalue weighted by molar-refractivity contribution is 6.32. The van der Waals surface area contributed by atoms with Gasteiger partial charge in [0.1, 0.15) is 23.9 Å². The van der Waals surface area contributed by atoms with Crippen molar-refractivity contribution in [3.63, 3.8) is 0 Å². The van der Waals surface area contributed by atoms with Crippen molar-refractivity contribution in [2.75, 3.05) is 6.54 Å². The van der Waals surface area contributed by atoms with E-state index in [1.807, 2.05) is 109 Å². The van der Waals surface area contributed by atoms with Gasteiger partial charge in [0, 0.05) is 18.7 Å². The lowest BCUT2D eigenvalue weighted by atomic mass is 10.0. The molecule has 0 heterocycles. The Bertz CT molecular complexity index is 2080. The van der Waals surface area contributed by atoms with E-state index in [9.17, 15) is 18.8 Å². The fourth-order valence-corrected chi connectivity index (χ4v) is 5.35. The summed E-state index contributed by atoms with van der Waals surface area (Å²) < 4.78 is 24.3. The van der Waals surface area contributed by atoms with Crippen molar-refractivity contribution < 1.29 is 28.2 Å². The molecule has 254 valence electrons.